The second-order valence-electron chi connectivity index (χ2n) is 4.64. The second-order valence-corrected chi connectivity index (χ2v) is 4.64. The van der Waals surface area contributed by atoms with Gasteiger partial charge in [0.1, 0.15) is 6.33 Å². The van der Waals surface area contributed by atoms with Crippen molar-refractivity contribution < 1.29 is 4.74 Å². The fourth-order valence-corrected chi connectivity index (χ4v) is 1.87. The van der Waals surface area contributed by atoms with Gasteiger partial charge in [0.25, 0.3) is 0 Å². The van der Waals surface area contributed by atoms with Crippen LogP contribution in [0.2, 0.25) is 0 Å². The van der Waals surface area contributed by atoms with Crippen molar-refractivity contribution in [1.82, 2.24) is 19.5 Å². The molecule has 0 radical (unpaired) electrons. The van der Waals surface area contributed by atoms with E-state index in [1.165, 1.54) is 5.57 Å². The summed E-state index contributed by atoms with van der Waals surface area (Å²) in [6, 6.07) is 0. The number of ether oxygens (including phenoxy) is 1. The van der Waals surface area contributed by atoms with Crippen molar-refractivity contribution >= 4 is 17.0 Å². The van der Waals surface area contributed by atoms with Crippen LogP contribution in [-0.2, 0) is 11.3 Å². The van der Waals surface area contributed by atoms with Crippen LogP contribution in [0.4, 0.5) is 5.82 Å². The van der Waals surface area contributed by atoms with Crippen molar-refractivity contribution in [1.29, 1.82) is 0 Å². The summed E-state index contributed by atoms with van der Waals surface area (Å²) in [6.07, 6.45) is 5.48. The minimum Gasteiger partial charge on any atom is -0.380 e. The van der Waals surface area contributed by atoms with Crippen LogP contribution in [0.25, 0.3) is 11.2 Å². The number of imidazole rings is 1. The first-order valence-corrected chi connectivity index (χ1v) is 6.11. The number of hydrogen-bond donors (Lipinski definition) is 0. The number of rotatable bonds is 5. The van der Waals surface area contributed by atoms with E-state index in [9.17, 15) is 0 Å². The molecule has 0 unspecified atom stereocenters. The van der Waals surface area contributed by atoms with E-state index >= 15 is 0 Å². The molecule has 0 amide bonds. The molecule has 0 atom stereocenters. The Bertz CT molecular complexity index is 588. The fourth-order valence-electron chi connectivity index (χ4n) is 1.87. The minimum absolute atomic E-state index is 0.643. The highest BCUT2D eigenvalue weighted by atomic mass is 16.5. The molecule has 2 aromatic heterocycles. The largest absolute Gasteiger partial charge is 0.380 e. The normalized spacial score (nSPS) is 12.1. The van der Waals surface area contributed by atoms with Crippen molar-refractivity contribution in [3.8, 4) is 0 Å². The van der Waals surface area contributed by atoms with Crippen LogP contribution in [0.15, 0.2) is 24.3 Å². The minimum atomic E-state index is 0.643. The highest BCUT2D eigenvalue weighted by molar-refractivity contribution is 5.82. The van der Waals surface area contributed by atoms with Gasteiger partial charge in [0, 0.05) is 27.7 Å². The first-order valence-electron chi connectivity index (χ1n) is 6.11. The third-order valence-electron chi connectivity index (χ3n) is 2.81. The van der Waals surface area contributed by atoms with Crippen LogP contribution >= 0.6 is 0 Å². The maximum Gasteiger partial charge on any atom is 0.165 e. The van der Waals surface area contributed by atoms with Gasteiger partial charge in [-0.3, -0.25) is 0 Å². The SMILES string of the molecule is COC/C(C)=C/Cn1cnc2c(N(C)C)ncnc21. The van der Waals surface area contributed by atoms with Gasteiger partial charge in [-0.05, 0) is 6.92 Å². The molecule has 2 aromatic rings. The van der Waals surface area contributed by atoms with Crippen molar-refractivity contribution in [2.45, 2.75) is 13.5 Å². The van der Waals surface area contributed by atoms with Crippen LogP contribution in [0.5, 0.6) is 0 Å². The van der Waals surface area contributed by atoms with Gasteiger partial charge in [-0.15, -0.1) is 0 Å². The van der Waals surface area contributed by atoms with E-state index < -0.39 is 0 Å². The van der Waals surface area contributed by atoms with Crippen LogP contribution in [0.3, 0.4) is 0 Å². The summed E-state index contributed by atoms with van der Waals surface area (Å²) in [5.74, 6) is 0.835. The van der Waals surface area contributed by atoms with Gasteiger partial charge in [0.05, 0.1) is 12.9 Å². The Balaban J connectivity index is 2.31. The van der Waals surface area contributed by atoms with E-state index in [4.69, 9.17) is 4.74 Å². The predicted octanol–water partition coefficient (Wildman–Crippen LogP) is 1.49. The Morgan fingerprint density at radius 2 is 2.16 bits per heavy atom. The molecule has 19 heavy (non-hydrogen) atoms. The molecular weight excluding hydrogens is 242 g/mol. The zero-order chi connectivity index (χ0) is 13.8. The number of methoxy groups -OCH3 is 1. The number of allylic oxidation sites excluding steroid dienone is 1. The van der Waals surface area contributed by atoms with Crippen molar-refractivity contribution in [3.63, 3.8) is 0 Å². The lowest BCUT2D eigenvalue weighted by molar-refractivity contribution is 0.225. The van der Waals surface area contributed by atoms with Crippen molar-refractivity contribution in [2.24, 2.45) is 0 Å². The number of nitrogens with zero attached hydrogens (tertiary/aromatic N) is 5. The maximum absolute atomic E-state index is 5.09. The van der Waals surface area contributed by atoms with E-state index in [2.05, 4.69) is 21.0 Å². The highest BCUT2D eigenvalue weighted by Crippen LogP contribution is 2.19. The van der Waals surface area contributed by atoms with Gasteiger partial charge in [-0.25, -0.2) is 15.0 Å². The molecule has 2 heterocycles. The molecule has 0 aromatic carbocycles. The molecule has 0 aliphatic carbocycles. The van der Waals surface area contributed by atoms with Crippen molar-refractivity contribution in [3.05, 3.63) is 24.3 Å². The van der Waals surface area contributed by atoms with E-state index in [1.54, 1.807) is 19.8 Å². The zero-order valence-electron chi connectivity index (χ0n) is 11.8. The summed E-state index contributed by atoms with van der Waals surface area (Å²) in [6.45, 7) is 3.42. The van der Waals surface area contributed by atoms with Gasteiger partial charge >= 0.3 is 0 Å². The average Bonchev–Trinajstić information content (AvgIpc) is 2.79. The lowest BCUT2D eigenvalue weighted by Crippen LogP contribution is -2.11. The summed E-state index contributed by atoms with van der Waals surface area (Å²) >= 11 is 0. The summed E-state index contributed by atoms with van der Waals surface area (Å²) in [5, 5.41) is 0. The Hall–Kier alpha value is -1.95. The molecule has 0 bridgehead atoms. The van der Waals surface area contributed by atoms with E-state index in [-0.39, 0.29) is 0 Å². The van der Waals surface area contributed by atoms with E-state index in [0.717, 1.165) is 23.5 Å². The molecule has 0 fully saturated rings. The molecule has 0 saturated carbocycles. The second kappa shape index (κ2) is 5.79. The van der Waals surface area contributed by atoms with Gasteiger partial charge in [-0.1, -0.05) is 11.6 Å². The lowest BCUT2D eigenvalue weighted by atomic mass is 10.3. The molecule has 0 N–H and O–H groups in total. The topological polar surface area (TPSA) is 56.1 Å². The van der Waals surface area contributed by atoms with Crippen LogP contribution in [-0.4, -0.2) is 47.3 Å². The monoisotopic (exact) mass is 261 g/mol. The molecular formula is C13H19N5O. The van der Waals surface area contributed by atoms with Crippen LogP contribution in [0, 0.1) is 0 Å². The lowest BCUT2D eigenvalue weighted by Gasteiger charge is -2.10. The van der Waals surface area contributed by atoms with E-state index in [0.29, 0.717) is 6.61 Å². The molecule has 0 saturated heterocycles. The third kappa shape index (κ3) is 2.90. The first kappa shape index (κ1) is 13.5. The number of fused-ring (bicyclic) bond motifs is 1. The van der Waals surface area contributed by atoms with Crippen LogP contribution in [0.1, 0.15) is 6.92 Å². The highest BCUT2D eigenvalue weighted by Gasteiger charge is 2.10. The first-order chi connectivity index (χ1) is 9.13. The van der Waals surface area contributed by atoms with Crippen LogP contribution < -0.4 is 4.90 Å². The number of aromatic nitrogens is 4. The molecule has 6 nitrogen and oxygen atoms in total. The summed E-state index contributed by atoms with van der Waals surface area (Å²) in [7, 11) is 5.59. The quantitative estimate of drug-likeness (QED) is 0.763. The summed E-state index contributed by atoms with van der Waals surface area (Å²) in [4.78, 5) is 14.9. The molecule has 2 rings (SSSR count). The molecule has 6 heteroatoms. The zero-order valence-corrected chi connectivity index (χ0v) is 11.8. The Morgan fingerprint density at radius 1 is 1.37 bits per heavy atom. The van der Waals surface area contributed by atoms with E-state index in [1.807, 2.05) is 30.5 Å². The molecule has 0 spiro atoms. The third-order valence-corrected chi connectivity index (χ3v) is 2.81. The van der Waals surface area contributed by atoms with Gasteiger partial charge < -0.3 is 14.2 Å². The molecule has 0 aliphatic rings. The molecule has 0 aliphatic heterocycles. The Kier molecular flexibility index (Phi) is 4.11. The summed E-state index contributed by atoms with van der Waals surface area (Å²) in [5.41, 5.74) is 2.86. The smallest absolute Gasteiger partial charge is 0.165 e. The molecule has 102 valence electrons. The van der Waals surface area contributed by atoms with Gasteiger partial charge in [0.2, 0.25) is 0 Å². The average molecular weight is 261 g/mol. The number of anilines is 1. The number of hydrogen-bond acceptors (Lipinski definition) is 5. The Labute approximate surface area is 112 Å². The summed E-state index contributed by atoms with van der Waals surface area (Å²) < 4.78 is 7.09. The predicted molar refractivity (Wildman–Crippen MR) is 75.3 cm³/mol. The standard InChI is InChI=1S/C13H19N5O/c1-10(7-19-4)5-6-18-9-16-11-12(17(2)3)14-8-15-13(11)18/h5,8-9H,6-7H2,1-4H3/b10-5+. The van der Waals surface area contributed by atoms with Gasteiger partial charge in [0.15, 0.2) is 17.0 Å². The fraction of sp³-hybridized carbons (Fsp3) is 0.462. The maximum atomic E-state index is 5.09. The Morgan fingerprint density at radius 3 is 2.84 bits per heavy atom. The van der Waals surface area contributed by atoms with Gasteiger partial charge in [-0.2, -0.15) is 0 Å². The van der Waals surface area contributed by atoms with Crippen molar-refractivity contribution in [2.75, 3.05) is 32.7 Å².